The minimum atomic E-state index is -3.54. The van der Waals surface area contributed by atoms with Crippen molar-refractivity contribution in [2.75, 3.05) is 13.2 Å². The number of aliphatic hydroxyl groups excluding tert-OH is 1. The van der Waals surface area contributed by atoms with Gasteiger partial charge in [0, 0.05) is 13.2 Å². The van der Waals surface area contributed by atoms with Crippen LogP contribution in [-0.4, -0.2) is 26.7 Å². The molecule has 0 aliphatic heterocycles. The Kier molecular flexibility index (Phi) is 6.33. The molecule has 2 rings (SSSR count). The average Bonchev–Trinajstić information content (AvgIpc) is 2.59. The Morgan fingerprint density at radius 2 is 1.65 bits per heavy atom. The Hall–Kier alpha value is -1.69. The zero-order chi connectivity index (χ0) is 16.7. The van der Waals surface area contributed by atoms with Crippen LogP contribution >= 0.6 is 0 Å². The molecule has 0 aromatic heterocycles. The molecule has 0 bridgehead atoms. The van der Waals surface area contributed by atoms with Gasteiger partial charge in [0.25, 0.3) is 0 Å². The van der Waals surface area contributed by atoms with Crippen LogP contribution in [0.1, 0.15) is 18.1 Å². The van der Waals surface area contributed by atoms with Gasteiger partial charge in [0.05, 0.1) is 4.90 Å². The highest BCUT2D eigenvalue weighted by molar-refractivity contribution is 7.89. The maximum absolute atomic E-state index is 12.3. The van der Waals surface area contributed by atoms with E-state index in [0.717, 1.165) is 17.5 Å². The second-order valence-electron chi connectivity index (χ2n) is 5.59. The van der Waals surface area contributed by atoms with Crippen molar-refractivity contribution in [3.63, 3.8) is 0 Å². The molecular formula is C18H23NO3S. The molecular weight excluding hydrogens is 310 g/mol. The highest BCUT2D eigenvalue weighted by Crippen LogP contribution is 2.13. The summed E-state index contributed by atoms with van der Waals surface area (Å²) in [6, 6.07) is 16.6. The summed E-state index contributed by atoms with van der Waals surface area (Å²) in [7, 11) is -3.54. The van der Waals surface area contributed by atoms with E-state index in [-0.39, 0.29) is 24.0 Å². The summed E-state index contributed by atoms with van der Waals surface area (Å²) < 4.78 is 27.2. The van der Waals surface area contributed by atoms with E-state index in [0.29, 0.717) is 6.42 Å². The maximum atomic E-state index is 12.3. The molecule has 0 saturated heterocycles. The van der Waals surface area contributed by atoms with Crippen LogP contribution in [0.15, 0.2) is 59.5 Å². The van der Waals surface area contributed by atoms with E-state index in [2.05, 4.69) is 4.72 Å². The second-order valence-corrected chi connectivity index (χ2v) is 7.35. The summed E-state index contributed by atoms with van der Waals surface area (Å²) in [5.41, 5.74) is 2.18. The average molecular weight is 333 g/mol. The van der Waals surface area contributed by atoms with Gasteiger partial charge < -0.3 is 5.11 Å². The van der Waals surface area contributed by atoms with Crippen molar-refractivity contribution in [2.45, 2.75) is 24.7 Å². The first-order chi connectivity index (χ1) is 11.0. The molecule has 1 atom stereocenters. The van der Waals surface area contributed by atoms with Crippen molar-refractivity contribution < 1.29 is 13.5 Å². The van der Waals surface area contributed by atoms with Crippen molar-refractivity contribution in [1.29, 1.82) is 0 Å². The van der Waals surface area contributed by atoms with Crippen molar-refractivity contribution in [3.05, 3.63) is 65.7 Å². The van der Waals surface area contributed by atoms with Gasteiger partial charge in [0.1, 0.15) is 0 Å². The van der Waals surface area contributed by atoms with Crippen molar-refractivity contribution in [2.24, 2.45) is 5.92 Å². The minimum absolute atomic E-state index is 0.0633. The molecule has 4 nitrogen and oxygen atoms in total. The van der Waals surface area contributed by atoms with Crippen LogP contribution in [0.2, 0.25) is 0 Å². The van der Waals surface area contributed by atoms with Crippen molar-refractivity contribution >= 4 is 10.0 Å². The molecule has 0 aliphatic carbocycles. The van der Waals surface area contributed by atoms with E-state index in [9.17, 15) is 13.5 Å². The molecule has 0 radical (unpaired) electrons. The molecule has 2 aromatic rings. The Morgan fingerprint density at radius 3 is 2.22 bits per heavy atom. The lowest BCUT2D eigenvalue weighted by atomic mass is 10.0. The van der Waals surface area contributed by atoms with Crippen molar-refractivity contribution in [3.8, 4) is 0 Å². The highest BCUT2D eigenvalue weighted by Gasteiger charge is 2.17. The van der Waals surface area contributed by atoms with E-state index < -0.39 is 10.0 Å². The molecule has 0 spiro atoms. The van der Waals surface area contributed by atoms with Gasteiger partial charge in [0.2, 0.25) is 10.0 Å². The third-order valence-corrected chi connectivity index (χ3v) is 5.27. The predicted octanol–water partition coefficient (Wildman–Crippen LogP) is 2.38. The fourth-order valence-corrected chi connectivity index (χ4v) is 3.48. The lowest BCUT2D eigenvalue weighted by Gasteiger charge is -2.15. The number of sulfonamides is 1. The fourth-order valence-electron chi connectivity index (χ4n) is 2.36. The van der Waals surface area contributed by atoms with Crippen LogP contribution in [0.4, 0.5) is 0 Å². The lowest BCUT2D eigenvalue weighted by Crippen LogP contribution is -2.31. The SMILES string of the molecule is CCc1ccc(S(=O)(=O)NC[C@@H](CO)Cc2ccccc2)cc1. The normalized spacial score (nSPS) is 13.0. The Labute approximate surface area is 138 Å². The molecule has 0 fully saturated rings. The number of aryl methyl sites for hydroxylation is 1. The maximum Gasteiger partial charge on any atom is 0.240 e. The Morgan fingerprint density at radius 1 is 1.00 bits per heavy atom. The first-order valence-electron chi connectivity index (χ1n) is 7.78. The summed E-state index contributed by atoms with van der Waals surface area (Å²) in [4.78, 5) is 0.256. The molecule has 5 heteroatoms. The molecule has 0 heterocycles. The number of rotatable bonds is 8. The van der Waals surface area contributed by atoms with Crippen LogP contribution in [0.5, 0.6) is 0 Å². The van der Waals surface area contributed by atoms with Crippen LogP contribution in [0.25, 0.3) is 0 Å². The second kappa shape index (κ2) is 8.24. The number of nitrogens with one attached hydrogen (secondary N) is 1. The molecule has 2 N–H and O–H groups in total. The van der Waals surface area contributed by atoms with Gasteiger partial charge in [-0.25, -0.2) is 13.1 Å². The number of hydrogen-bond acceptors (Lipinski definition) is 3. The lowest BCUT2D eigenvalue weighted by molar-refractivity contribution is 0.227. The third kappa shape index (κ3) is 5.16. The van der Waals surface area contributed by atoms with Gasteiger partial charge in [-0.15, -0.1) is 0 Å². The minimum Gasteiger partial charge on any atom is -0.396 e. The molecule has 0 aliphatic rings. The fraction of sp³-hybridized carbons (Fsp3) is 0.333. The van der Waals surface area contributed by atoms with E-state index in [4.69, 9.17) is 0 Å². The topological polar surface area (TPSA) is 66.4 Å². The molecule has 23 heavy (non-hydrogen) atoms. The van der Waals surface area contributed by atoms with Gasteiger partial charge in [-0.05, 0) is 42.0 Å². The summed E-state index contributed by atoms with van der Waals surface area (Å²) in [5.74, 6) is -0.151. The summed E-state index contributed by atoms with van der Waals surface area (Å²) >= 11 is 0. The quantitative estimate of drug-likeness (QED) is 0.779. The van der Waals surface area contributed by atoms with Gasteiger partial charge in [-0.3, -0.25) is 0 Å². The Bertz CT molecular complexity index is 697. The first-order valence-corrected chi connectivity index (χ1v) is 9.27. The molecule has 124 valence electrons. The van der Waals surface area contributed by atoms with Gasteiger partial charge in [-0.2, -0.15) is 0 Å². The van der Waals surface area contributed by atoms with Crippen molar-refractivity contribution in [1.82, 2.24) is 4.72 Å². The summed E-state index contributed by atoms with van der Waals surface area (Å²) in [6.45, 7) is 2.17. The molecule has 0 amide bonds. The monoisotopic (exact) mass is 333 g/mol. The Balaban J connectivity index is 1.98. The number of aliphatic hydroxyl groups is 1. The van der Waals surface area contributed by atoms with Crippen LogP contribution in [0.3, 0.4) is 0 Å². The standard InChI is InChI=1S/C18H23NO3S/c1-2-15-8-10-18(11-9-15)23(21,22)19-13-17(14-20)12-16-6-4-3-5-7-16/h3-11,17,19-20H,2,12-14H2,1H3/t17-/m0/s1. The molecule has 0 unspecified atom stereocenters. The smallest absolute Gasteiger partial charge is 0.240 e. The zero-order valence-corrected chi connectivity index (χ0v) is 14.1. The van der Waals surface area contributed by atoms with Gasteiger partial charge in [0.15, 0.2) is 0 Å². The summed E-state index contributed by atoms with van der Waals surface area (Å²) in [5, 5.41) is 9.49. The van der Waals surface area contributed by atoms with E-state index in [1.54, 1.807) is 12.1 Å². The zero-order valence-electron chi connectivity index (χ0n) is 13.3. The van der Waals surface area contributed by atoms with E-state index >= 15 is 0 Å². The van der Waals surface area contributed by atoms with Gasteiger partial charge >= 0.3 is 0 Å². The van der Waals surface area contributed by atoms with E-state index in [1.807, 2.05) is 49.4 Å². The largest absolute Gasteiger partial charge is 0.396 e. The van der Waals surface area contributed by atoms with Crippen LogP contribution in [-0.2, 0) is 22.9 Å². The van der Waals surface area contributed by atoms with Gasteiger partial charge in [-0.1, -0.05) is 49.4 Å². The van der Waals surface area contributed by atoms with E-state index in [1.165, 1.54) is 0 Å². The first kappa shape index (κ1) is 17.7. The van der Waals surface area contributed by atoms with Crippen LogP contribution in [0, 0.1) is 5.92 Å². The summed E-state index contributed by atoms with van der Waals surface area (Å²) in [6.07, 6.45) is 1.51. The number of hydrogen-bond donors (Lipinski definition) is 2. The third-order valence-electron chi connectivity index (χ3n) is 3.83. The molecule has 2 aromatic carbocycles. The highest BCUT2D eigenvalue weighted by atomic mass is 32.2. The predicted molar refractivity (Wildman–Crippen MR) is 91.7 cm³/mol. The number of benzene rings is 2. The molecule has 0 saturated carbocycles. The van der Waals surface area contributed by atoms with Crippen LogP contribution < -0.4 is 4.72 Å².